The number of methoxy groups -OCH3 is 1. The lowest BCUT2D eigenvalue weighted by atomic mass is 9.97. The first-order valence-electron chi connectivity index (χ1n) is 9.94. The van der Waals surface area contributed by atoms with E-state index in [0.717, 1.165) is 0 Å². The molecule has 0 saturated heterocycles. The summed E-state index contributed by atoms with van der Waals surface area (Å²) in [6.07, 6.45) is 0. The van der Waals surface area contributed by atoms with Crippen LogP contribution >= 0.6 is 0 Å². The van der Waals surface area contributed by atoms with Crippen LogP contribution < -0.4 is 4.74 Å². The van der Waals surface area contributed by atoms with Crippen molar-refractivity contribution in [3.8, 4) is 5.75 Å². The van der Waals surface area contributed by atoms with E-state index in [2.05, 4.69) is 0 Å². The van der Waals surface area contributed by atoms with Crippen LogP contribution in [0.15, 0.2) is 42.5 Å². The predicted octanol–water partition coefficient (Wildman–Crippen LogP) is 4.70. The van der Waals surface area contributed by atoms with E-state index in [-0.39, 0.29) is 16.7 Å². The summed E-state index contributed by atoms with van der Waals surface area (Å²) in [6.45, 7) is 10.2. The summed E-state index contributed by atoms with van der Waals surface area (Å²) in [6, 6.07) is 10.6. The van der Waals surface area contributed by atoms with Gasteiger partial charge < -0.3 is 4.74 Å². The van der Waals surface area contributed by atoms with E-state index in [1.54, 1.807) is 65.8 Å². The molecule has 0 spiro atoms. The van der Waals surface area contributed by atoms with Crippen molar-refractivity contribution < 1.29 is 38.7 Å². The second-order valence-corrected chi connectivity index (χ2v) is 8.92. The number of carbonyl (C=O) groups excluding carboxylic acids is 3. The predicted molar refractivity (Wildman–Crippen MR) is 115 cm³/mol. The van der Waals surface area contributed by atoms with Crippen molar-refractivity contribution in [1.29, 1.82) is 0 Å². The minimum Gasteiger partial charge on any atom is -0.496 e. The topological polar surface area (TPSA) is 97.4 Å². The van der Waals surface area contributed by atoms with Crippen LogP contribution in [0.3, 0.4) is 0 Å². The number of rotatable bonds is 7. The molecular formula is C24H28O8. The quantitative estimate of drug-likeness (QED) is 0.344. The maximum Gasteiger partial charge on any atom is 0.374 e. The number of para-hydroxylation sites is 1. The normalized spacial score (nSPS) is 11.6. The Morgan fingerprint density at radius 3 is 1.75 bits per heavy atom. The summed E-state index contributed by atoms with van der Waals surface area (Å²) in [5.74, 6) is -1.91. The summed E-state index contributed by atoms with van der Waals surface area (Å²) in [7, 11) is 1.45. The SMILES string of the molecule is COc1ccccc1C(=O)c1ccc(C(=O)OOC(C)(C)C)c(C(=O)OOC(C)(C)C)c1. The van der Waals surface area contributed by atoms with E-state index in [4.69, 9.17) is 24.3 Å². The first-order valence-corrected chi connectivity index (χ1v) is 9.94. The Balaban J connectivity index is 2.45. The molecule has 0 aliphatic rings. The van der Waals surface area contributed by atoms with Gasteiger partial charge in [-0.05, 0) is 65.8 Å². The Bertz CT molecular complexity index is 996. The fourth-order valence-electron chi connectivity index (χ4n) is 2.44. The summed E-state index contributed by atoms with van der Waals surface area (Å²) < 4.78 is 5.24. The van der Waals surface area contributed by atoms with Gasteiger partial charge in [0.05, 0.1) is 23.8 Å². The molecule has 172 valence electrons. The van der Waals surface area contributed by atoms with Crippen molar-refractivity contribution >= 4 is 17.7 Å². The molecule has 0 fully saturated rings. The van der Waals surface area contributed by atoms with E-state index in [1.807, 2.05) is 0 Å². The van der Waals surface area contributed by atoms with E-state index in [1.165, 1.54) is 25.3 Å². The Labute approximate surface area is 187 Å². The van der Waals surface area contributed by atoms with E-state index >= 15 is 0 Å². The molecule has 0 amide bonds. The molecule has 0 atom stereocenters. The second-order valence-electron chi connectivity index (χ2n) is 8.92. The summed E-state index contributed by atoms with van der Waals surface area (Å²) >= 11 is 0. The van der Waals surface area contributed by atoms with Gasteiger partial charge in [-0.15, -0.1) is 0 Å². The molecule has 32 heavy (non-hydrogen) atoms. The maximum absolute atomic E-state index is 13.1. The molecule has 0 saturated carbocycles. The molecule has 0 heterocycles. The molecule has 0 bridgehead atoms. The van der Waals surface area contributed by atoms with Crippen LogP contribution in [0.25, 0.3) is 0 Å². The lowest BCUT2D eigenvalue weighted by Crippen LogP contribution is -2.25. The van der Waals surface area contributed by atoms with E-state index in [9.17, 15) is 14.4 Å². The number of hydrogen-bond acceptors (Lipinski definition) is 8. The maximum atomic E-state index is 13.1. The van der Waals surface area contributed by atoms with E-state index in [0.29, 0.717) is 11.3 Å². The molecule has 2 rings (SSSR count). The number of carbonyl (C=O) groups is 3. The number of ether oxygens (including phenoxy) is 1. The third-order valence-corrected chi connectivity index (χ3v) is 3.81. The highest BCUT2D eigenvalue weighted by atomic mass is 17.2. The fourth-order valence-corrected chi connectivity index (χ4v) is 2.44. The first kappa shape index (κ1) is 25.0. The average molecular weight is 444 g/mol. The monoisotopic (exact) mass is 444 g/mol. The molecule has 0 radical (unpaired) electrons. The highest BCUT2D eigenvalue weighted by Gasteiger charge is 2.27. The lowest BCUT2D eigenvalue weighted by molar-refractivity contribution is -0.302. The Kier molecular flexibility index (Phi) is 7.77. The number of benzene rings is 2. The van der Waals surface area contributed by atoms with Crippen LogP contribution in [0.5, 0.6) is 5.75 Å². The van der Waals surface area contributed by atoms with Gasteiger partial charge in [-0.3, -0.25) is 14.6 Å². The molecule has 0 N–H and O–H groups in total. The first-order chi connectivity index (χ1) is 14.8. The zero-order valence-corrected chi connectivity index (χ0v) is 19.3. The molecule has 2 aromatic rings. The minimum atomic E-state index is -0.961. The lowest BCUT2D eigenvalue weighted by Gasteiger charge is -2.19. The van der Waals surface area contributed by atoms with Crippen molar-refractivity contribution in [2.75, 3.05) is 7.11 Å². The van der Waals surface area contributed by atoms with Crippen molar-refractivity contribution in [2.24, 2.45) is 0 Å². The largest absolute Gasteiger partial charge is 0.496 e. The molecule has 8 heteroatoms. The van der Waals surface area contributed by atoms with Crippen LogP contribution in [-0.2, 0) is 19.6 Å². The summed E-state index contributed by atoms with van der Waals surface area (Å²) in [5.41, 5.74) is -1.45. The van der Waals surface area contributed by atoms with Crippen LogP contribution in [-0.4, -0.2) is 36.0 Å². The van der Waals surface area contributed by atoms with Crippen molar-refractivity contribution in [3.63, 3.8) is 0 Å². The molecule has 0 unspecified atom stereocenters. The van der Waals surface area contributed by atoms with Gasteiger partial charge in [0, 0.05) is 5.56 Å². The molecular weight excluding hydrogens is 416 g/mol. The zero-order valence-electron chi connectivity index (χ0n) is 19.3. The number of ketones is 1. The Hall–Kier alpha value is -3.23. The zero-order chi connectivity index (χ0) is 24.1. The van der Waals surface area contributed by atoms with Gasteiger partial charge >= 0.3 is 11.9 Å². The highest BCUT2D eigenvalue weighted by molar-refractivity contribution is 6.13. The summed E-state index contributed by atoms with van der Waals surface area (Å²) in [5, 5.41) is 0. The van der Waals surface area contributed by atoms with Gasteiger partial charge in [0.2, 0.25) is 0 Å². The van der Waals surface area contributed by atoms with Crippen LogP contribution in [0.4, 0.5) is 0 Å². The highest BCUT2D eigenvalue weighted by Crippen LogP contribution is 2.24. The van der Waals surface area contributed by atoms with Gasteiger partial charge in [-0.25, -0.2) is 9.59 Å². The van der Waals surface area contributed by atoms with Crippen LogP contribution in [0.1, 0.15) is 78.2 Å². The number of hydrogen-bond donors (Lipinski definition) is 0. The molecule has 0 aromatic heterocycles. The third kappa shape index (κ3) is 6.90. The molecule has 0 aliphatic heterocycles. The van der Waals surface area contributed by atoms with Crippen LogP contribution in [0, 0.1) is 0 Å². The third-order valence-electron chi connectivity index (χ3n) is 3.81. The van der Waals surface area contributed by atoms with Crippen LogP contribution in [0.2, 0.25) is 0 Å². The van der Waals surface area contributed by atoms with Gasteiger partial charge in [0.25, 0.3) is 0 Å². The van der Waals surface area contributed by atoms with Crippen molar-refractivity contribution in [2.45, 2.75) is 52.7 Å². The average Bonchev–Trinajstić information content (AvgIpc) is 2.73. The minimum absolute atomic E-state index is 0.144. The molecule has 2 aromatic carbocycles. The molecule has 8 nitrogen and oxygen atoms in total. The van der Waals surface area contributed by atoms with Crippen molar-refractivity contribution in [1.82, 2.24) is 0 Å². The fraction of sp³-hybridized carbons (Fsp3) is 0.375. The van der Waals surface area contributed by atoms with Gasteiger partial charge in [-0.1, -0.05) is 18.2 Å². The standard InChI is InChI=1S/C24H28O8/c1-23(2,3)31-29-21(26)16-13-12-15(14-18(16)22(27)30-32-24(4,5)6)20(25)17-10-8-9-11-19(17)28-7/h8-14H,1-7H3. The Morgan fingerprint density at radius 2 is 1.22 bits per heavy atom. The smallest absolute Gasteiger partial charge is 0.374 e. The van der Waals surface area contributed by atoms with Crippen molar-refractivity contribution in [3.05, 3.63) is 64.7 Å². The second kappa shape index (κ2) is 9.93. The molecule has 0 aliphatic carbocycles. The van der Waals surface area contributed by atoms with Gasteiger partial charge in [0.1, 0.15) is 17.0 Å². The Morgan fingerprint density at radius 1 is 0.688 bits per heavy atom. The summed E-state index contributed by atoms with van der Waals surface area (Å²) in [4.78, 5) is 58.2. The van der Waals surface area contributed by atoms with E-state index < -0.39 is 28.9 Å². The van der Waals surface area contributed by atoms with Gasteiger partial charge in [-0.2, -0.15) is 9.78 Å². The van der Waals surface area contributed by atoms with Gasteiger partial charge in [0.15, 0.2) is 5.78 Å².